The fraction of sp³-hybridized carbons (Fsp3) is 0.588. The number of nitrogens with one attached hydrogen (secondary N) is 2. The monoisotopic (exact) mass is 347 g/mol. The van der Waals surface area contributed by atoms with E-state index in [0.29, 0.717) is 31.8 Å². The Balaban J connectivity index is 1.87. The van der Waals surface area contributed by atoms with Crippen LogP contribution in [0.4, 0.5) is 0 Å². The maximum atomic E-state index is 12.9. The number of H-pyrrole nitrogens is 1. The molecule has 2 aromatic heterocycles. The Hall–Kier alpha value is -2.19. The van der Waals surface area contributed by atoms with Crippen LogP contribution in [0.2, 0.25) is 0 Å². The zero-order valence-corrected chi connectivity index (χ0v) is 15.1. The molecule has 8 heteroatoms. The average molecular weight is 347 g/mol. The van der Waals surface area contributed by atoms with Crippen LogP contribution in [0.15, 0.2) is 6.33 Å². The number of hydrogen-bond acceptors (Lipinski definition) is 5. The van der Waals surface area contributed by atoms with E-state index in [-0.39, 0.29) is 18.1 Å². The number of fused-ring (bicyclic) bond motifs is 1. The Morgan fingerprint density at radius 1 is 1.52 bits per heavy atom. The molecular weight excluding hydrogens is 322 g/mol. The molecule has 25 heavy (non-hydrogen) atoms. The van der Waals surface area contributed by atoms with Crippen LogP contribution in [0.5, 0.6) is 0 Å². The van der Waals surface area contributed by atoms with Gasteiger partial charge in [-0.3, -0.25) is 9.48 Å². The topological polar surface area (TPSA) is 94.1 Å². The summed E-state index contributed by atoms with van der Waals surface area (Å²) in [6.45, 7) is 7.30. The van der Waals surface area contributed by atoms with Crippen molar-refractivity contribution in [1.82, 2.24) is 25.1 Å². The van der Waals surface area contributed by atoms with Crippen LogP contribution in [0.25, 0.3) is 0 Å². The van der Waals surface area contributed by atoms with Gasteiger partial charge in [0.1, 0.15) is 5.69 Å². The molecule has 3 rings (SSSR count). The number of rotatable bonds is 6. The van der Waals surface area contributed by atoms with Crippen molar-refractivity contribution in [2.24, 2.45) is 0 Å². The fourth-order valence-electron chi connectivity index (χ4n) is 3.20. The zero-order chi connectivity index (χ0) is 18.0. The first-order valence-electron chi connectivity index (χ1n) is 8.52. The highest BCUT2D eigenvalue weighted by atomic mass is 16.5. The van der Waals surface area contributed by atoms with Gasteiger partial charge in [-0.1, -0.05) is 0 Å². The number of nitrogens with zero attached hydrogens (tertiary/aromatic N) is 3. The predicted molar refractivity (Wildman–Crippen MR) is 91.3 cm³/mol. The van der Waals surface area contributed by atoms with Crippen LogP contribution in [0.3, 0.4) is 0 Å². The van der Waals surface area contributed by atoms with Crippen molar-refractivity contribution in [3.63, 3.8) is 0 Å². The molecule has 0 radical (unpaired) electrons. The van der Waals surface area contributed by atoms with Gasteiger partial charge in [0, 0.05) is 24.8 Å². The third-order valence-electron chi connectivity index (χ3n) is 4.47. The van der Waals surface area contributed by atoms with Crippen molar-refractivity contribution in [2.45, 2.75) is 52.5 Å². The number of aryl methyl sites for hydroxylation is 1. The summed E-state index contributed by atoms with van der Waals surface area (Å²) in [4.78, 5) is 20.1. The molecule has 0 aliphatic carbocycles. The maximum absolute atomic E-state index is 12.9. The van der Waals surface area contributed by atoms with E-state index >= 15 is 0 Å². The van der Waals surface area contributed by atoms with Crippen molar-refractivity contribution in [2.75, 3.05) is 13.7 Å². The number of aromatic amines is 1. The largest absolute Gasteiger partial charge is 0.383 e. The van der Waals surface area contributed by atoms with E-state index in [1.165, 1.54) is 0 Å². The highest BCUT2D eigenvalue weighted by molar-refractivity contribution is 5.94. The molecule has 2 atom stereocenters. The van der Waals surface area contributed by atoms with Gasteiger partial charge >= 0.3 is 0 Å². The van der Waals surface area contributed by atoms with Gasteiger partial charge in [0.2, 0.25) is 0 Å². The SMILES string of the molecule is COCCn1nc2c(c1C(=O)NCc1nc[nH]c1C)C[C@H](C)O[C@@H]2C. The van der Waals surface area contributed by atoms with E-state index in [2.05, 4.69) is 20.4 Å². The molecule has 1 aliphatic rings. The minimum absolute atomic E-state index is 0.0581. The van der Waals surface area contributed by atoms with Crippen molar-refractivity contribution in [1.29, 1.82) is 0 Å². The smallest absolute Gasteiger partial charge is 0.270 e. The normalized spacial score (nSPS) is 19.7. The van der Waals surface area contributed by atoms with Crippen LogP contribution in [-0.2, 0) is 29.0 Å². The molecule has 2 aromatic rings. The predicted octanol–water partition coefficient (Wildman–Crippen LogP) is 1.51. The standard InChI is InChI=1S/C17H25N5O3/c1-10-7-13-15(12(3)25-10)21-22(5-6-24-4)16(13)17(23)18-8-14-11(2)19-9-20-14/h9-10,12H,5-8H2,1-4H3,(H,18,23)(H,19,20)/t10-,12+/m0/s1. The molecular formula is C17H25N5O3. The number of carbonyl (C=O) groups excluding carboxylic acids is 1. The van der Waals surface area contributed by atoms with Crippen molar-refractivity contribution < 1.29 is 14.3 Å². The number of methoxy groups -OCH3 is 1. The van der Waals surface area contributed by atoms with Gasteiger partial charge in [0.05, 0.1) is 49.6 Å². The van der Waals surface area contributed by atoms with Crippen LogP contribution in [0, 0.1) is 6.92 Å². The van der Waals surface area contributed by atoms with Gasteiger partial charge in [-0.05, 0) is 20.8 Å². The Bertz CT molecular complexity index is 752. The molecule has 0 fully saturated rings. The molecule has 8 nitrogen and oxygen atoms in total. The zero-order valence-electron chi connectivity index (χ0n) is 15.1. The summed E-state index contributed by atoms with van der Waals surface area (Å²) >= 11 is 0. The van der Waals surface area contributed by atoms with E-state index in [0.717, 1.165) is 22.6 Å². The third kappa shape index (κ3) is 3.59. The molecule has 2 N–H and O–H groups in total. The summed E-state index contributed by atoms with van der Waals surface area (Å²) in [6.07, 6.45) is 2.24. The molecule has 0 saturated carbocycles. The minimum atomic E-state index is -0.145. The first-order chi connectivity index (χ1) is 12.0. The highest BCUT2D eigenvalue weighted by Gasteiger charge is 2.32. The highest BCUT2D eigenvalue weighted by Crippen LogP contribution is 2.31. The number of hydrogen-bond donors (Lipinski definition) is 2. The first-order valence-corrected chi connectivity index (χ1v) is 8.52. The minimum Gasteiger partial charge on any atom is -0.383 e. The lowest BCUT2D eigenvalue weighted by atomic mass is 9.99. The van der Waals surface area contributed by atoms with E-state index in [1.54, 1.807) is 18.1 Å². The van der Waals surface area contributed by atoms with Gasteiger partial charge in [0.25, 0.3) is 5.91 Å². The Labute approximate surface area is 146 Å². The van der Waals surface area contributed by atoms with E-state index in [9.17, 15) is 4.79 Å². The molecule has 0 bridgehead atoms. The van der Waals surface area contributed by atoms with Crippen LogP contribution in [0.1, 0.15) is 53.1 Å². The molecule has 1 aliphatic heterocycles. The first kappa shape index (κ1) is 17.6. The molecule has 136 valence electrons. The average Bonchev–Trinajstić information content (AvgIpc) is 3.14. The fourth-order valence-corrected chi connectivity index (χ4v) is 3.20. The van der Waals surface area contributed by atoms with Gasteiger partial charge in [-0.25, -0.2) is 4.98 Å². The van der Waals surface area contributed by atoms with E-state index in [4.69, 9.17) is 9.47 Å². The lowest BCUT2D eigenvalue weighted by molar-refractivity contribution is -0.00716. The van der Waals surface area contributed by atoms with Crippen LogP contribution >= 0.6 is 0 Å². The molecule has 1 amide bonds. The maximum Gasteiger partial charge on any atom is 0.270 e. The second-order valence-electron chi connectivity index (χ2n) is 6.38. The summed E-state index contributed by atoms with van der Waals surface area (Å²) in [7, 11) is 1.64. The number of imidazole rings is 1. The Morgan fingerprint density at radius 2 is 2.32 bits per heavy atom. The second kappa shape index (κ2) is 7.37. The summed E-state index contributed by atoms with van der Waals surface area (Å²) in [6, 6.07) is 0. The van der Waals surface area contributed by atoms with Gasteiger partial charge in [0.15, 0.2) is 0 Å². The summed E-state index contributed by atoms with van der Waals surface area (Å²) < 4.78 is 12.7. The second-order valence-corrected chi connectivity index (χ2v) is 6.38. The molecule has 0 unspecified atom stereocenters. The quantitative estimate of drug-likeness (QED) is 0.826. The van der Waals surface area contributed by atoms with E-state index < -0.39 is 0 Å². The Kier molecular flexibility index (Phi) is 5.19. The van der Waals surface area contributed by atoms with E-state index in [1.807, 2.05) is 20.8 Å². The third-order valence-corrected chi connectivity index (χ3v) is 4.47. The van der Waals surface area contributed by atoms with Crippen molar-refractivity contribution >= 4 is 5.91 Å². The lowest BCUT2D eigenvalue weighted by Gasteiger charge is -2.24. The lowest BCUT2D eigenvalue weighted by Crippen LogP contribution is -2.29. The number of aromatic nitrogens is 4. The van der Waals surface area contributed by atoms with Crippen LogP contribution in [-0.4, -0.2) is 45.5 Å². The molecule has 0 aromatic carbocycles. The molecule has 0 spiro atoms. The van der Waals surface area contributed by atoms with Gasteiger partial charge in [-0.15, -0.1) is 0 Å². The van der Waals surface area contributed by atoms with Crippen molar-refractivity contribution in [3.8, 4) is 0 Å². The Morgan fingerprint density at radius 3 is 3.00 bits per heavy atom. The summed E-state index contributed by atoms with van der Waals surface area (Å²) in [5.74, 6) is -0.145. The van der Waals surface area contributed by atoms with Gasteiger partial charge < -0.3 is 19.8 Å². The number of carbonyl (C=O) groups is 1. The van der Waals surface area contributed by atoms with Crippen molar-refractivity contribution in [3.05, 3.63) is 34.7 Å². The summed E-state index contributed by atoms with van der Waals surface area (Å²) in [5.41, 5.74) is 4.19. The number of ether oxygens (including phenoxy) is 2. The summed E-state index contributed by atoms with van der Waals surface area (Å²) in [5, 5.41) is 7.58. The molecule has 0 saturated heterocycles. The number of amides is 1. The van der Waals surface area contributed by atoms with Gasteiger partial charge in [-0.2, -0.15) is 5.10 Å². The van der Waals surface area contributed by atoms with Crippen LogP contribution < -0.4 is 5.32 Å². The molecule has 3 heterocycles.